The average Bonchev–Trinajstić information content (AvgIpc) is 2.80. The van der Waals surface area contributed by atoms with Crippen molar-refractivity contribution in [1.29, 1.82) is 0 Å². The average molecular weight is 569 g/mol. The second kappa shape index (κ2) is 16.7. The van der Waals surface area contributed by atoms with Gasteiger partial charge in [0.25, 0.3) is 0 Å². The first-order chi connectivity index (χ1) is 15.8. The molecule has 0 saturated heterocycles. The Hall–Kier alpha value is -0.891. The molecular formula is C29H45F3Sn. The Balaban J connectivity index is 3.40. The third-order valence-corrected chi connectivity index (χ3v) is 20.8. The van der Waals surface area contributed by atoms with E-state index in [0.29, 0.717) is 0 Å². The first-order valence-corrected chi connectivity index (χ1v) is 20.9. The molecule has 0 N–H and O–H groups in total. The van der Waals surface area contributed by atoms with Gasteiger partial charge in [0.2, 0.25) is 0 Å². The number of halogens is 3. The van der Waals surface area contributed by atoms with E-state index < -0.39 is 30.1 Å². The van der Waals surface area contributed by atoms with Crippen molar-refractivity contribution in [2.75, 3.05) is 0 Å². The first kappa shape index (κ1) is 30.1. The molecule has 1 aromatic carbocycles. The van der Waals surface area contributed by atoms with Crippen LogP contribution >= 0.6 is 0 Å². The Kier molecular flexibility index (Phi) is 15.2. The van der Waals surface area contributed by atoms with Gasteiger partial charge in [0, 0.05) is 0 Å². The van der Waals surface area contributed by atoms with Crippen LogP contribution in [0.5, 0.6) is 0 Å². The molecule has 0 saturated carbocycles. The molecule has 0 radical (unpaired) electrons. The van der Waals surface area contributed by atoms with E-state index in [9.17, 15) is 13.2 Å². The summed E-state index contributed by atoms with van der Waals surface area (Å²) in [5.74, 6) is 6.22. The van der Waals surface area contributed by atoms with Gasteiger partial charge in [0.15, 0.2) is 0 Å². The van der Waals surface area contributed by atoms with Crippen LogP contribution in [0, 0.1) is 11.8 Å². The zero-order valence-corrected chi connectivity index (χ0v) is 24.3. The molecule has 0 fully saturated rings. The maximum absolute atomic E-state index is 13.5. The molecule has 0 bridgehead atoms. The van der Waals surface area contributed by atoms with Crippen LogP contribution in [0.15, 0.2) is 33.9 Å². The minimum atomic E-state index is -4.37. The SMILES string of the molecule is CCCCCC/C(C#Cc1ccccc1C(F)(F)F)=[CH]/[Sn]([CH2]CCC)([CH2]CCC)[CH2]CCC. The van der Waals surface area contributed by atoms with E-state index >= 15 is 0 Å². The van der Waals surface area contributed by atoms with Crippen LogP contribution in [0.4, 0.5) is 13.2 Å². The Labute approximate surface area is 205 Å². The molecule has 0 amide bonds. The second-order valence-electron chi connectivity index (χ2n) is 9.45. The third kappa shape index (κ3) is 11.9. The molecule has 0 aliphatic heterocycles. The normalized spacial score (nSPS) is 12.5. The van der Waals surface area contributed by atoms with E-state index in [1.54, 1.807) is 6.07 Å². The number of unbranched alkanes of at least 4 members (excludes halogenated alkanes) is 6. The molecule has 1 aromatic rings. The van der Waals surface area contributed by atoms with Gasteiger partial charge in [-0.3, -0.25) is 0 Å². The molecule has 0 nitrogen and oxygen atoms in total. The number of hydrogen-bond donors (Lipinski definition) is 0. The van der Waals surface area contributed by atoms with Gasteiger partial charge < -0.3 is 0 Å². The summed E-state index contributed by atoms with van der Waals surface area (Å²) < 4.78 is 47.1. The fourth-order valence-corrected chi connectivity index (χ4v) is 19.6. The first-order valence-electron chi connectivity index (χ1n) is 13.2. The molecule has 0 heterocycles. The molecule has 0 aliphatic rings. The van der Waals surface area contributed by atoms with E-state index in [0.717, 1.165) is 30.9 Å². The van der Waals surface area contributed by atoms with Gasteiger partial charge in [-0.05, 0) is 0 Å². The standard InChI is InChI=1S/C17H18F3.3C4H9.Sn/c1-3-4-5-6-9-14(2)12-13-15-10-7-8-11-16(15)17(18,19)20;3*1-3-4-2;/h2,7-8,10-11H,3-6,9H2,1H3;3*1,3-4H2,2H3;. The quantitative estimate of drug-likeness (QED) is 0.112. The molecular weight excluding hydrogens is 524 g/mol. The maximum atomic E-state index is 13.5. The topological polar surface area (TPSA) is 0 Å². The van der Waals surface area contributed by atoms with Gasteiger partial charge in [-0.2, -0.15) is 0 Å². The van der Waals surface area contributed by atoms with Crippen molar-refractivity contribution < 1.29 is 13.2 Å². The zero-order chi connectivity index (χ0) is 24.6. The molecule has 4 heteroatoms. The van der Waals surface area contributed by atoms with E-state index in [-0.39, 0.29) is 5.56 Å². The molecule has 0 spiro atoms. The van der Waals surface area contributed by atoms with E-state index in [1.807, 2.05) is 0 Å². The van der Waals surface area contributed by atoms with Crippen molar-refractivity contribution in [3.8, 4) is 11.8 Å². The molecule has 0 unspecified atom stereocenters. The van der Waals surface area contributed by atoms with Gasteiger partial charge >= 0.3 is 206 Å². The molecule has 0 aromatic heterocycles. The summed E-state index contributed by atoms with van der Waals surface area (Å²) in [6.45, 7) is 8.99. The van der Waals surface area contributed by atoms with Crippen LogP contribution in [0.3, 0.4) is 0 Å². The summed E-state index contributed by atoms with van der Waals surface area (Å²) in [6.07, 6.45) is 8.59. The summed E-state index contributed by atoms with van der Waals surface area (Å²) in [6, 6.07) is 5.74. The zero-order valence-electron chi connectivity index (χ0n) is 21.4. The van der Waals surface area contributed by atoms with Crippen molar-refractivity contribution in [3.63, 3.8) is 0 Å². The van der Waals surface area contributed by atoms with Gasteiger partial charge in [-0.1, -0.05) is 0 Å². The van der Waals surface area contributed by atoms with Crippen LogP contribution in [0.1, 0.15) is 109 Å². The fraction of sp³-hybridized carbons (Fsp3) is 0.655. The van der Waals surface area contributed by atoms with Crippen molar-refractivity contribution in [2.24, 2.45) is 0 Å². The number of allylic oxidation sites excluding steroid dienone is 1. The van der Waals surface area contributed by atoms with Crippen LogP contribution < -0.4 is 0 Å². The summed E-state index contributed by atoms with van der Waals surface area (Å²) in [5, 5.41) is 0. The van der Waals surface area contributed by atoms with Crippen LogP contribution in [-0.2, 0) is 6.18 Å². The fourth-order valence-electron chi connectivity index (χ4n) is 4.45. The third-order valence-electron chi connectivity index (χ3n) is 6.45. The Morgan fingerprint density at radius 3 is 1.85 bits per heavy atom. The molecule has 1 rings (SSSR count). The van der Waals surface area contributed by atoms with Gasteiger partial charge in [0.05, 0.1) is 0 Å². The van der Waals surface area contributed by atoms with E-state index in [2.05, 4.69) is 43.6 Å². The van der Waals surface area contributed by atoms with E-state index in [4.69, 9.17) is 0 Å². The van der Waals surface area contributed by atoms with Gasteiger partial charge in [-0.15, -0.1) is 0 Å². The molecule has 33 heavy (non-hydrogen) atoms. The molecule has 0 atom stereocenters. The summed E-state index contributed by atoms with van der Waals surface area (Å²) >= 11 is -2.57. The molecule has 0 aliphatic carbocycles. The Morgan fingerprint density at radius 1 is 0.788 bits per heavy atom. The number of rotatable bonds is 15. The van der Waals surface area contributed by atoms with E-state index in [1.165, 1.54) is 76.8 Å². The summed E-state index contributed by atoms with van der Waals surface area (Å²) in [5.41, 5.74) is 0.601. The summed E-state index contributed by atoms with van der Waals surface area (Å²) in [4.78, 5) is 0. The Bertz CT molecular complexity index is 730. The monoisotopic (exact) mass is 570 g/mol. The van der Waals surface area contributed by atoms with Crippen LogP contribution in [-0.4, -0.2) is 18.4 Å². The predicted octanol–water partition coefficient (Wildman–Crippen LogP) is 10.3. The van der Waals surface area contributed by atoms with Crippen LogP contribution in [0.25, 0.3) is 0 Å². The van der Waals surface area contributed by atoms with Crippen molar-refractivity contribution in [2.45, 2.75) is 118 Å². The van der Waals surface area contributed by atoms with Crippen molar-refractivity contribution in [3.05, 3.63) is 45.1 Å². The van der Waals surface area contributed by atoms with Gasteiger partial charge in [-0.25, -0.2) is 0 Å². The number of hydrogen-bond acceptors (Lipinski definition) is 0. The van der Waals surface area contributed by atoms with Crippen molar-refractivity contribution >= 4 is 18.4 Å². The number of benzene rings is 1. The second-order valence-corrected chi connectivity index (χ2v) is 22.3. The predicted molar refractivity (Wildman–Crippen MR) is 140 cm³/mol. The molecule has 186 valence electrons. The number of alkyl halides is 3. The van der Waals surface area contributed by atoms with Gasteiger partial charge in [0.1, 0.15) is 0 Å². The van der Waals surface area contributed by atoms with Crippen molar-refractivity contribution in [1.82, 2.24) is 0 Å². The summed E-state index contributed by atoms with van der Waals surface area (Å²) in [7, 11) is 0. The van der Waals surface area contributed by atoms with Crippen LogP contribution in [0.2, 0.25) is 13.3 Å². The minimum absolute atomic E-state index is 0.0981. The Morgan fingerprint density at radius 2 is 1.33 bits per heavy atom.